The summed E-state index contributed by atoms with van der Waals surface area (Å²) in [6.45, 7) is 9.74. The summed E-state index contributed by atoms with van der Waals surface area (Å²) in [5.74, 6) is 0.419. The molecule has 0 atom stereocenters. The number of nitrogens with one attached hydrogen (secondary N) is 2. The van der Waals surface area contributed by atoms with Gasteiger partial charge >= 0.3 is 0 Å². The summed E-state index contributed by atoms with van der Waals surface area (Å²) in [4.78, 5) is 14.3. The molecule has 1 aromatic heterocycles. The first-order valence-corrected chi connectivity index (χ1v) is 5.04. The number of rotatable bonds is 2. The van der Waals surface area contributed by atoms with Crippen molar-refractivity contribution in [2.45, 2.75) is 46.1 Å². The lowest BCUT2D eigenvalue weighted by molar-refractivity contribution is 0.546. The highest BCUT2D eigenvalue weighted by atomic mass is 16.1. The largest absolute Gasteiger partial charge is 0.352 e. The Morgan fingerprint density at radius 3 is 2.27 bits per heavy atom. The molecule has 84 valence electrons. The topological polar surface area (TPSA) is 70.7 Å². The Labute approximate surface area is 89.3 Å². The first-order valence-electron chi connectivity index (χ1n) is 5.04. The van der Waals surface area contributed by atoms with Crippen LogP contribution < -0.4 is 10.9 Å². The van der Waals surface area contributed by atoms with Gasteiger partial charge in [-0.1, -0.05) is 20.8 Å². The molecule has 1 aromatic rings. The van der Waals surface area contributed by atoms with E-state index in [0.29, 0.717) is 11.6 Å². The molecule has 0 aliphatic heterocycles. The maximum Gasteiger partial charge on any atom is 0.274 e. The third kappa shape index (κ3) is 3.04. The van der Waals surface area contributed by atoms with Crippen molar-refractivity contribution in [1.29, 1.82) is 0 Å². The van der Waals surface area contributed by atoms with Crippen LogP contribution in [0.25, 0.3) is 0 Å². The van der Waals surface area contributed by atoms with Crippen molar-refractivity contribution in [3.63, 3.8) is 0 Å². The van der Waals surface area contributed by atoms with Crippen molar-refractivity contribution in [3.05, 3.63) is 16.0 Å². The first kappa shape index (κ1) is 11.7. The smallest absolute Gasteiger partial charge is 0.274 e. The van der Waals surface area contributed by atoms with Crippen LogP contribution in [-0.2, 0) is 5.41 Å². The van der Waals surface area contributed by atoms with Crippen molar-refractivity contribution < 1.29 is 0 Å². The van der Waals surface area contributed by atoms with Crippen molar-refractivity contribution in [1.82, 2.24) is 15.2 Å². The van der Waals surface area contributed by atoms with Gasteiger partial charge in [0.05, 0.1) is 0 Å². The molecular weight excluding hydrogens is 192 g/mol. The summed E-state index contributed by atoms with van der Waals surface area (Å²) in [5, 5.41) is 10.9. The van der Waals surface area contributed by atoms with Crippen LogP contribution in [0.1, 0.15) is 40.3 Å². The summed E-state index contributed by atoms with van der Waals surface area (Å²) < 4.78 is 0. The lowest BCUT2D eigenvalue weighted by Gasteiger charge is -2.16. The van der Waals surface area contributed by atoms with Crippen LogP contribution in [0.4, 0.5) is 5.95 Å². The summed E-state index contributed by atoms with van der Waals surface area (Å²) in [6.07, 6.45) is 0. The number of anilines is 1. The Balaban J connectivity index is 3.04. The first-order chi connectivity index (χ1) is 6.80. The number of aromatic amines is 1. The Kier molecular flexibility index (Phi) is 3.12. The SMILES string of the molecule is CC(C)Nc1nnc(C(C)(C)C)c(=O)[nH]1. The van der Waals surface area contributed by atoms with Gasteiger partial charge in [-0.25, -0.2) is 0 Å². The van der Waals surface area contributed by atoms with Gasteiger partial charge < -0.3 is 5.32 Å². The van der Waals surface area contributed by atoms with Gasteiger partial charge in [0.25, 0.3) is 5.56 Å². The number of H-pyrrole nitrogens is 1. The fraction of sp³-hybridized carbons (Fsp3) is 0.700. The molecule has 5 heteroatoms. The standard InChI is InChI=1S/C10H18N4O/c1-6(2)11-9-12-8(15)7(13-14-9)10(3,4)5/h6H,1-5H3,(H2,11,12,14,15). The molecule has 0 bridgehead atoms. The third-order valence-electron chi connectivity index (χ3n) is 1.83. The minimum absolute atomic E-state index is 0.180. The number of hydrogen-bond acceptors (Lipinski definition) is 4. The Hall–Kier alpha value is -1.39. The number of hydrogen-bond donors (Lipinski definition) is 2. The van der Waals surface area contributed by atoms with E-state index in [-0.39, 0.29) is 17.0 Å². The molecule has 0 aromatic carbocycles. The zero-order valence-corrected chi connectivity index (χ0v) is 9.88. The third-order valence-corrected chi connectivity index (χ3v) is 1.83. The second-order valence-corrected chi connectivity index (χ2v) is 4.90. The van der Waals surface area contributed by atoms with Gasteiger partial charge in [-0.2, -0.15) is 0 Å². The fourth-order valence-electron chi connectivity index (χ4n) is 1.17. The second kappa shape index (κ2) is 4.00. The highest BCUT2D eigenvalue weighted by Gasteiger charge is 2.20. The van der Waals surface area contributed by atoms with Crippen molar-refractivity contribution >= 4 is 5.95 Å². The normalized spacial score (nSPS) is 11.9. The Bertz CT molecular complexity index is 389. The van der Waals surface area contributed by atoms with Crippen LogP contribution in [0.2, 0.25) is 0 Å². The van der Waals surface area contributed by atoms with Crippen LogP contribution >= 0.6 is 0 Å². The highest BCUT2D eigenvalue weighted by molar-refractivity contribution is 5.23. The van der Waals surface area contributed by atoms with Crippen molar-refractivity contribution in [3.8, 4) is 0 Å². The van der Waals surface area contributed by atoms with Crippen LogP contribution in [0.3, 0.4) is 0 Å². The number of nitrogens with zero attached hydrogens (tertiary/aromatic N) is 2. The molecule has 0 saturated heterocycles. The maximum atomic E-state index is 11.7. The monoisotopic (exact) mass is 210 g/mol. The zero-order valence-electron chi connectivity index (χ0n) is 9.88. The zero-order chi connectivity index (χ0) is 11.6. The molecule has 0 amide bonds. The van der Waals surface area contributed by atoms with Gasteiger partial charge in [0.1, 0.15) is 5.69 Å². The molecule has 15 heavy (non-hydrogen) atoms. The van der Waals surface area contributed by atoms with E-state index in [0.717, 1.165) is 0 Å². The van der Waals surface area contributed by atoms with Crippen molar-refractivity contribution in [2.75, 3.05) is 5.32 Å². The minimum Gasteiger partial charge on any atom is -0.352 e. The minimum atomic E-state index is -0.281. The summed E-state index contributed by atoms with van der Waals surface area (Å²) in [7, 11) is 0. The van der Waals surface area contributed by atoms with E-state index in [1.807, 2.05) is 34.6 Å². The average molecular weight is 210 g/mol. The molecule has 0 saturated carbocycles. The molecule has 2 N–H and O–H groups in total. The van der Waals surface area contributed by atoms with Crippen LogP contribution in [-0.4, -0.2) is 21.2 Å². The quantitative estimate of drug-likeness (QED) is 0.771. The van der Waals surface area contributed by atoms with E-state index in [1.165, 1.54) is 0 Å². The number of aromatic nitrogens is 3. The molecular formula is C10H18N4O. The van der Waals surface area contributed by atoms with E-state index >= 15 is 0 Å². The summed E-state index contributed by atoms with van der Waals surface area (Å²) in [6, 6.07) is 0.218. The molecule has 0 fully saturated rings. The lowest BCUT2D eigenvalue weighted by atomic mass is 9.93. The second-order valence-electron chi connectivity index (χ2n) is 4.90. The predicted octanol–water partition coefficient (Wildman–Crippen LogP) is 1.28. The molecule has 5 nitrogen and oxygen atoms in total. The molecule has 1 rings (SSSR count). The summed E-state index contributed by atoms with van der Waals surface area (Å²) in [5.41, 5.74) is -0.00539. The van der Waals surface area contributed by atoms with Gasteiger partial charge in [-0.3, -0.25) is 9.78 Å². The molecule has 1 heterocycles. The van der Waals surface area contributed by atoms with E-state index < -0.39 is 0 Å². The van der Waals surface area contributed by atoms with Crippen LogP contribution in [0.15, 0.2) is 4.79 Å². The molecule has 0 spiro atoms. The van der Waals surface area contributed by atoms with Gasteiger partial charge in [-0.05, 0) is 13.8 Å². The van der Waals surface area contributed by atoms with Gasteiger partial charge in [-0.15, -0.1) is 10.2 Å². The molecule has 0 unspecified atom stereocenters. The molecule has 0 radical (unpaired) electrons. The van der Waals surface area contributed by atoms with E-state index in [9.17, 15) is 4.79 Å². The van der Waals surface area contributed by atoms with Crippen LogP contribution in [0.5, 0.6) is 0 Å². The molecule has 0 aliphatic rings. The Morgan fingerprint density at radius 1 is 1.27 bits per heavy atom. The van der Waals surface area contributed by atoms with Crippen molar-refractivity contribution in [2.24, 2.45) is 0 Å². The fourth-order valence-corrected chi connectivity index (χ4v) is 1.17. The van der Waals surface area contributed by atoms with E-state index in [1.54, 1.807) is 0 Å². The predicted molar refractivity (Wildman–Crippen MR) is 60.1 cm³/mol. The van der Waals surface area contributed by atoms with E-state index in [2.05, 4.69) is 20.5 Å². The van der Waals surface area contributed by atoms with Gasteiger partial charge in [0.15, 0.2) is 0 Å². The molecule has 0 aliphatic carbocycles. The summed E-state index contributed by atoms with van der Waals surface area (Å²) >= 11 is 0. The lowest BCUT2D eigenvalue weighted by Crippen LogP contribution is -2.29. The highest BCUT2D eigenvalue weighted by Crippen LogP contribution is 2.15. The van der Waals surface area contributed by atoms with E-state index in [4.69, 9.17) is 0 Å². The van der Waals surface area contributed by atoms with Gasteiger partial charge in [0, 0.05) is 11.5 Å². The van der Waals surface area contributed by atoms with Gasteiger partial charge in [0.2, 0.25) is 5.95 Å². The van der Waals surface area contributed by atoms with Crippen LogP contribution in [0, 0.1) is 0 Å². The average Bonchev–Trinajstić information content (AvgIpc) is 1.99. The Morgan fingerprint density at radius 2 is 1.87 bits per heavy atom. The maximum absolute atomic E-state index is 11.7.